The van der Waals surface area contributed by atoms with Crippen LogP contribution >= 0.6 is 22.9 Å². The molecule has 2 aromatic rings. The molecule has 8 heteroatoms. The van der Waals surface area contributed by atoms with E-state index in [0.29, 0.717) is 21.5 Å². The number of ether oxygens (including phenoxy) is 1. The van der Waals surface area contributed by atoms with E-state index in [4.69, 9.17) is 21.4 Å². The Morgan fingerprint density at radius 2 is 2.23 bits per heavy atom. The number of nitrogens with zero attached hydrogens (tertiary/aromatic N) is 1. The highest BCUT2D eigenvalue weighted by molar-refractivity contribution is 7.13. The molecule has 2 N–H and O–H groups in total. The number of aromatic nitrogens is 1. The lowest BCUT2D eigenvalue weighted by Crippen LogP contribution is -2.30. The van der Waals surface area contributed by atoms with Crippen LogP contribution in [0.3, 0.4) is 0 Å². The molecule has 1 aromatic carbocycles. The largest absolute Gasteiger partial charge is 0.497 e. The summed E-state index contributed by atoms with van der Waals surface area (Å²) >= 11 is 7.55. The van der Waals surface area contributed by atoms with Crippen molar-refractivity contribution in [2.45, 2.75) is 6.42 Å². The number of carboxylic acids is 1. The number of carbonyl (C=O) groups is 2. The van der Waals surface area contributed by atoms with Gasteiger partial charge in [0, 0.05) is 10.9 Å². The normalized spacial score (nSPS) is 10.3. The van der Waals surface area contributed by atoms with Crippen LogP contribution in [0.15, 0.2) is 23.6 Å². The van der Waals surface area contributed by atoms with Gasteiger partial charge in [0.05, 0.1) is 24.2 Å². The van der Waals surface area contributed by atoms with Gasteiger partial charge in [-0.3, -0.25) is 9.59 Å². The SMILES string of the molecule is COc1ccc(-c2nc(CC(=O)NCC(=O)O)cs2)c(Cl)c1. The molecule has 0 radical (unpaired) electrons. The molecule has 0 unspecified atom stereocenters. The lowest BCUT2D eigenvalue weighted by atomic mass is 10.2. The van der Waals surface area contributed by atoms with Gasteiger partial charge in [-0.15, -0.1) is 11.3 Å². The lowest BCUT2D eigenvalue weighted by Gasteiger charge is -2.04. The summed E-state index contributed by atoms with van der Waals surface area (Å²) in [6.45, 7) is -0.403. The predicted octanol–water partition coefficient (Wildman–Crippen LogP) is 2.22. The van der Waals surface area contributed by atoms with Crippen LogP contribution in [0.5, 0.6) is 5.75 Å². The van der Waals surface area contributed by atoms with Gasteiger partial charge in [0.1, 0.15) is 17.3 Å². The van der Waals surface area contributed by atoms with E-state index in [-0.39, 0.29) is 12.3 Å². The van der Waals surface area contributed by atoms with Crippen molar-refractivity contribution in [3.05, 3.63) is 34.3 Å². The summed E-state index contributed by atoms with van der Waals surface area (Å²) < 4.78 is 5.09. The first kappa shape index (κ1) is 16.3. The Bertz CT molecular complexity index is 702. The maximum Gasteiger partial charge on any atom is 0.322 e. The number of aliphatic carboxylic acids is 1. The van der Waals surface area contributed by atoms with Gasteiger partial charge in [0.25, 0.3) is 0 Å². The molecule has 0 saturated carbocycles. The standard InChI is InChI=1S/C14H13ClN2O4S/c1-21-9-2-3-10(11(15)5-9)14-17-8(7-22-14)4-12(18)16-6-13(19)20/h2-3,5,7H,4,6H2,1H3,(H,16,18)(H,19,20). The molecule has 1 aromatic heterocycles. The van der Waals surface area contributed by atoms with Gasteiger partial charge in [-0.2, -0.15) is 0 Å². The van der Waals surface area contributed by atoms with Crippen LogP contribution in [0.4, 0.5) is 0 Å². The van der Waals surface area contributed by atoms with Gasteiger partial charge in [0.2, 0.25) is 5.91 Å². The highest BCUT2D eigenvalue weighted by atomic mass is 35.5. The number of rotatable bonds is 6. The van der Waals surface area contributed by atoms with E-state index in [1.807, 2.05) is 0 Å². The Morgan fingerprint density at radius 3 is 2.86 bits per heavy atom. The Balaban J connectivity index is 2.08. The molecule has 1 amide bonds. The number of carboxylic acid groups (broad SMARTS) is 1. The van der Waals surface area contributed by atoms with Crippen molar-refractivity contribution in [1.29, 1.82) is 0 Å². The second-order valence-electron chi connectivity index (χ2n) is 4.34. The summed E-state index contributed by atoms with van der Waals surface area (Å²) in [4.78, 5) is 26.3. The predicted molar refractivity (Wildman–Crippen MR) is 83.5 cm³/mol. The monoisotopic (exact) mass is 340 g/mol. The molecular weight excluding hydrogens is 328 g/mol. The lowest BCUT2D eigenvalue weighted by molar-refractivity contribution is -0.137. The number of carbonyl (C=O) groups excluding carboxylic acids is 1. The van der Waals surface area contributed by atoms with Crippen molar-refractivity contribution in [2.75, 3.05) is 13.7 Å². The number of methoxy groups -OCH3 is 1. The quantitative estimate of drug-likeness (QED) is 0.841. The van der Waals surface area contributed by atoms with E-state index in [2.05, 4.69) is 10.3 Å². The van der Waals surface area contributed by atoms with Crippen molar-refractivity contribution in [3.8, 4) is 16.3 Å². The first-order chi connectivity index (χ1) is 10.5. The molecule has 6 nitrogen and oxygen atoms in total. The number of hydrogen-bond donors (Lipinski definition) is 2. The Hall–Kier alpha value is -2.12. The number of amides is 1. The zero-order valence-corrected chi connectivity index (χ0v) is 13.2. The Labute approximate surface area is 135 Å². The van der Waals surface area contributed by atoms with Crippen molar-refractivity contribution >= 4 is 34.8 Å². The molecule has 0 spiro atoms. The number of nitrogens with one attached hydrogen (secondary N) is 1. The van der Waals surface area contributed by atoms with Gasteiger partial charge in [-0.05, 0) is 18.2 Å². The maximum absolute atomic E-state index is 11.6. The topological polar surface area (TPSA) is 88.5 Å². The van der Waals surface area contributed by atoms with E-state index in [9.17, 15) is 9.59 Å². The summed E-state index contributed by atoms with van der Waals surface area (Å²) in [5.74, 6) is -0.823. The second-order valence-corrected chi connectivity index (χ2v) is 5.60. The number of thiazole rings is 1. The van der Waals surface area contributed by atoms with Crippen molar-refractivity contribution in [2.24, 2.45) is 0 Å². The Kier molecular flexibility index (Phi) is 5.35. The summed E-state index contributed by atoms with van der Waals surface area (Å²) in [6.07, 6.45) is 0.0254. The average Bonchev–Trinajstić information content (AvgIpc) is 2.93. The molecule has 0 bridgehead atoms. The highest BCUT2D eigenvalue weighted by Gasteiger charge is 2.12. The van der Waals surface area contributed by atoms with Crippen LogP contribution in [0.2, 0.25) is 5.02 Å². The third-order valence-electron chi connectivity index (χ3n) is 2.74. The van der Waals surface area contributed by atoms with E-state index in [1.54, 1.807) is 30.7 Å². The summed E-state index contributed by atoms with van der Waals surface area (Å²) in [5, 5.41) is 13.7. The average molecular weight is 341 g/mol. The van der Waals surface area contributed by atoms with Gasteiger partial charge >= 0.3 is 5.97 Å². The zero-order chi connectivity index (χ0) is 16.1. The van der Waals surface area contributed by atoms with E-state index >= 15 is 0 Å². The number of benzene rings is 1. The van der Waals surface area contributed by atoms with E-state index in [0.717, 1.165) is 5.56 Å². The summed E-state index contributed by atoms with van der Waals surface area (Å²) in [6, 6.07) is 5.27. The van der Waals surface area contributed by atoms with Crippen LogP contribution in [-0.2, 0) is 16.0 Å². The van der Waals surface area contributed by atoms with Gasteiger partial charge < -0.3 is 15.2 Å². The van der Waals surface area contributed by atoms with Crippen LogP contribution in [0, 0.1) is 0 Å². The summed E-state index contributed by atoms with van der Waals surface area (Å²) in [7, 11) is 1.56. The van der Waals surface area contributed by atoms with E-state index in [1.165, 1.54) is 11.3 Å². The molecule has 0 aliphatic carbocycles. The van der Waals surface area contributed by atoms with Gasteiger partial charge in [-0.1, -0.05) is 11.6 Å². The molecule has 116 valence electrons. The molecule has 0 aliphatic rings. The van der Waals surface area contributed by atoms with Crippen LogP contribution in [0.1, 0.15) is 5.69 Å². The third-order valence-corrected chi connectivity index (χ3v) is 3.97. The number of halogens is 1. The molecule has 0 fully saturated rings. The summed E-state index contributed by atoms with van der Waals surface area (Å²) in [5.41, 5.74) is 1.32. The van der Waals surface area contributed by atoms with Crippen LogP contribution < -0.4 is 10.1 Å². The fraction of sp³-hybridized carbons (Fsp3) is 0.214. The van der Waals surface area contributed by atoms with Crippen molar-refractivity contribution in [1.82, 2.24) is 10.3 Å². The third kappa shape index (κ3) is 4.19. The maximum atomic E-state index is 11.6. The fourth-order valence-electron chi connectivity index (χ4n) is 1.71. The number of hydrogen-bond acceptors (Lipinski definition) is 5. The van der Waals surface area contributed by atoms with Crippen LogP contribution in [-0.4, -0.2) is 35.6 Å². The minimum absolute atomic E-state index is 0.0254. The molecular formula is C14H13ClN2O4S. The molecule has 2 rings (SSSR count). The van der Waals surface area contributed by atoms with Gasteiger partial charge in [-0.25, -0.2) is 4.98 Å². The molecule has 0 atom stereocenters. The van der Waals surface area contributed by atoms with Gasteiger partial charge in [0.15, 0.2) is 0 Å². The first-order valence-electron chi connectivity index (χ1n) is 6.26. The molecule has 0 aliphatic heterocycles. The Morgan fingerprint density at radius 1 is 1.45 bits per heavy atom. The van der Waals surface area contributed by atoms with E-state index < -0.39 is 12.5 Å². The minimum Gasteiger partial charge on any atom is -0.497 e. The minimum atomic E-state index is -1.09. The molecule has 1 heterocycles. The molecule has 22 heavy (non-hydrogen) atoms. The van der Waals surface area contributed by atoms with Crippen molar-refractivity contribution in [3.63, 3.8) is 0 Å². The second kappa shape index (κ2) is 7.24. The highest BCUT2D eigenvalue weighted by Crippen LogP contribution is 2.33. The smallest absolute Gasteiger partial charge is 0.322 e. The fourth-order valence-corrected chi connectivity index (χ4v) is 2.88. The first-order valence-corrected chi connectivity index (χ1v) is 7.52. The van der Waals surface area contributed by atoms with Crippen LogP contribution in [0.25, 0.3) is 10.6 Å². The zero-order valence-electron chi connectivity index (χ0n) is 11.6. The molecule has 0 saturated heterocycles. The van der Waals surface area contributed by atoms with Crippen molar-refractivity contribution < 1.29 is 19.4 Å².